The molecule has 2 aromatic rings. The summed E-state index contributed by atoms with van der Waals surface area (Å²) in [4.78, 5) is 12.1. The maximum absolute atomic E-state index is 12.1. The van der Waals surface area contributed by atoms with Crippen LogP contribution in [0.5, 0.6) is 0 Å². The maximum Gasteiger partial charge on any atom is 0.234 e. The van der Waals surface area contributed by atoms with Crippen molar-refractivity contribution in [1.29, 1.82) is 0 Å². The van der Waals surface area contributed by atoms with Gasteiger partial charge in [-0.05, 0) is 35.0 Å². The number of aromatic nitrogens is 3. The van der Waals surface area contributed by atoms with Crippen LogP contribution in [0.3, 0.4) is 0 Å². The fourth-order valence-electron chi connectivity index (χ4n) is 2.01. The molecule has 2 rings (SSSR count). The minimum atomic E-state index is -0.0614. The molecule has 5 nitrogen and oxygen atoms in total. The molecule has 0 atom stereocenters. The Balaban J connectivity index is 1.98. The van der Waals surface area contributed by atoms with Crippen molar-refractivity contribution in [3.63, 3.8) is 0 Å². The van der Waals surface area contributed by atoms with E-state index in [1.54, 1.807) is 0 Å². The summed E-state index contributed by atoms with van der Waals surface area (Å²) in [5.41, 5.74) is 0.771. The number of anilines is 1. The van der Waals surface area contributed by atoms with Crippen LogP contribution in [0.15, 0.2) is 33.9 Å². The van der Waals surface area contributed by atoms with E-state index in [1.165, 1.54) is 11.8 Å². The van der Waals surface area contributed by atoms with Crippen LogP contribution in [0, 0.1) is 0 Å². The molecule has 118 valence electrons. The van der Waals surface area contributed by atoms with Crippen LogP contribution in [0.1, 0.15) is 32.5 Å². The third-order valence-electron chi connectivity index (χ3n) is 3.06. The zero-order valence-corrected chi connectivity index (χ0v) is 15.2. The van der Waals surface area contributed by atoms with Crippen LogP contribution in [0.4, 0.5) is 5.69 Å². The molecule has 1 heterocycles. The molecule has 22 heavy (non-hydrogen) atoms. The molecule has 0 aliphatic carbocycles. The summed E-state index contributed by atoms with van der Waals surface area (Å²) in [6.45, 7) is 7.03. The van der Waals surface area contributed by atoms with Crippen molar-refractivity contribution in [1.82, 2.24) is 14.8 Å². The summed E-state index contributed by atoms with van der Waals surface area (Å²) in [5, 5.41) is 12.1. The summed E-state index contributed by atoms with van der Waals surface area (Å²) >= 11 is 4.82. The molecule has 0 saturated carbocycles. The molecule has 1 amide bonds. The molecule has 0 radical (unpaired) electrons. The molecule has 1 N–H and O–H groups in total. The van der Waals surface area contributed by atoms with E-state index in [0.29, 0.717) is 11.7 Å². The Morgan fingerprint density at radius 2 is 2.09 bits per heavy atom. The molecule has 7 heteroatoms. The van der Waals surface area contributed by atoms with Crippen molar-refractivity contribution in [2.24, 2.45) is 0 Å². The highest BCUT2D eigenvalue weighted by Crippen LogP contribution is 2.23. The zero-order valence-electron chi connectivity index (χ0n) is 12.8. The quantitative estimate of drug-likeness (QED) is 0.769. The van der Waals surface area contributed by atoms with Crippen LogP contribution in [0.2, 0.25) is 0 Å². The molecule has 0 saturated heterocycles. The second-order valence-electron chi connectivity index (χ2n) is 5.06. The van der Waals surface area contributed by atoms with Gasteiger partial charge in [0, 0.05) is 16.9 Å². The van der Waals surface area contributed by atoms with Crippen molar-refractivity contribution >= 4 is 39.3 Å². The van der Waals surface area contributed by atoms with Crippen LogP contribution in [0.25, 0.3) is 0 Å². The van der Waals surface area contributed by atoms with Gasteiger partial charge < -0.3 is 9.88 Å². The predicted octanol–water partition coefficient (Wildman–Crippen LogP) is 3.91. The van der Waals surface area contributed by atoms with Gasteiger partial charge in [-0.3, -0.25) is 4.79 Å². The number of carbonyl (C=O) groups excluding carboxylic acids is 1. The lowest BCUT2D eigenvalue weighted by atomic mass is 10.2. The summed E-state index contributed by atoms with van der Waals surface area (Å²) in [5.74, 6) is 1.51. The number of para-hydroxylation sites is 1. The maximum atomic E-state index is 12.1. The number of carbonyl (C=O) groups is 1. The number of halogens is 1. The highest BCUT2D eigenvalue weighted by atomic mass is 79.9. The van der Waals surface area contributed by atoms with E-state index >= 15 is 0 Å². The number of rotatable bonds is 6. The fraction of sp³-hybridized carbons (Fsp3) is 0.400. The van der Waals surface area contributed by atoms with Gasteiger partial charge in [-0.15, -0.1) is 10.2 Å². The summed E-state index contributed by atoms with van der Waals surface area (Å²) in [6, 6.07) is 7.55. The van der Waals surface area contributed by atoms with Gasteiger partial charge in [0.1, 0.15) is 5.82 Å². The molecule has 0 fully saturated rings. The van der Waals surface area contributed by atoms with E-state index < -0.39 is 0 Å². The van der Waals surface area contributed by atoms with Gasteiger partial charge in [-0.1, -0.05) is 37.7 Å². The number of nitrogens with zero attached hydrogens (tertiary/aromatic N) is 3. The number of benzene rings is 1. The molecule has 0 unspecified atom stereocenters. The third-order valence-corrected chi connectivity index (χ3v) is 4.72. The smallest absolute Gasteiger partial charge is 0.234 e. The van der Waals surface area contributed by atoms with Gasteiger partial charge >= 0.3 is 0 Å². The largest absolute Gasteiger partial charge is 0.324 e. The highest BCUT2D eigenvalue weighted by molar-refractivity contribution is 9.10. The van der Waals surface area contributed by atoms with E-state index in [-0.39, 0.29) is 5.91 Å². The van der Waals surface area contributed by atoms with Crippen molar-refractivity contribution in [2.75, 3.05) is 11.1 Å². The second kappa shape index (κ2) is 7.78. The lowest BCUT2D eigenvalue weighted by Crippen LogP contribution is -2.15. The Hall–Kier alpha value is -1.34. The van der Waals surface area contributed by atoms with E-state index in [9.17, 15) is 4.79 Å². The zero-order chi connectivity index (χ0) is 16.1. The van der Waals surface area contributed by atoms with Crippen LogP contribution in [-0.2, 0) is 11.3 Å². The van der Waals surface area contributed by atoms with Gasteiger partial charge in [-0.25, -0.2) is 0 Å². The van der Waals surface area contributed by atoms with E-state index in [2.05, 4.69) is 56.8 Å². The van der Waals surface area contributed by atoms with Crippen LogP contribution >= 0.6 is 27.7 Å². The van der Waals surface area contributed by atoms with Gasteiger partial charge in [-0.2, -0.15) is 0 Å². The first-order valence-corrected chi connectivity index (χ1v) is 8.91. The minimum Gasteiger partial charge on any atom is -0.324 e. The highest BCUT2D eigenvalue weighted by Gasteiger charge is 2.15. The standard InChI is InChI=1S/C15H19BrN4OS/c1-4-20-14(10(2)3)18-19-15(20)22-9-13(21)17-12-8-6-5-7-11(12)16/h5-8,10H,4,9H2,1-3H3,(H,17,21). The van der Waals surface area contributed by atoms with Crippen molar-refractivity contribution in [2.45, 2.75) is 38.4 Å². The molecule has 0 spiro atoms. The number of hydrogen-bond donors (Lipinski definition) is 1. The first kappa shape index (κ1) is 17.0. The van der Waals surface area contributed by atoms with Crippen molar-refractivity contribution in [3.05, 3.63) is 34.6 Å². The van der Waals surface area contributed by atoms with E-state index in [0.717, 1.165) is 27.7 Å². The molecular formula is C15H19BrN4OS. The van der Waals surface area contributed by atoms with Crippen molar-refractivity contribution in [3.8, 4) is 0 Å². The number of hydrogen-bond acceptors (Lipinski definition) is 4. The Kier molecular flexibility index (Phi) is 6.02. The first-order chi connectivity index (χ1) is 10.5. The van der Waals surface area contributed by atoms with Crippen LogP contribution < -0.4 is 5.32 Å². The monoisotopic (exact) mass is 382 g/mol. The Morgan fingerprint density at radius 1 is 1.36 bits per heavy atom. The second-order valence-corrected chi connectivity index (χ2v) is 6.85. The van der Waals surface area contributed by atoms with Crippen molar-refractivity contribution < 1.29 is 4.79 Å². The topological polar surface area (TPSA) is 59.8 Å². The molecule has 0 aliphatic rings. The summed E-state index contributed by atoms with van der Waals surface area (Å²) in [7, 11) is 0. The minimum absolute atomic E-state index is 0.0614. The fourth-order valence-corrected chi connectivity index (χ4v) is 3.20. The number of amides is 1. The lowest BCUT2D eigenvalue weighted by molar-refractivity contribution is -0.113. The SMILES string of the molecule is CCn1c(SCC(=O)Nc2ccccc2Br)nnc1C(C)C. The molecule has 1 aromatic carbocycles. The molecule has 1 aromatic heterocycles. The first-order valence-electron chi connectivity index (χ1n) is 7.13. The third kappa shape index (κ3) is 4.10. The van der Waals surface area contributed by atoms with Gasteiger partial charge in [0.25, 0.3) is 0 Å². The van der Waals surface area contributed by atoms with E-state index in [1.807, 2.05) is 24.3 Å². The predicted molar refractivity (Wildman–Crippen MR) is 93.3 cm³/mol. The van der Waals surface area contributed by atoms with Gasteiger partial charge in [0.2, 0.25) is 5.91 Å². The van der Waals surface area contributed by atoms with Crippen LogP contribution in [-0.4, -0.2) is 26.4 Å². The van der Waals surface area contributed by atoms with Gasteiger partial charge in [0.15, 0.2) is 5.16 Å². The van der Waals surface area contributed by atoms with Gasteiger partial charge in [0.05, 0.1) is 11.4 Å². The lowest BCUT2D eigenvalue weighted by Gasteiger charge is -2.09. The number of nitrogens with one attached hydrogen (secondary N) is 1. The Bertz CT molecular complexity index is 657. The Labute approximate surface area is 143 Å². The Morgan fingerprint density at radius 3 is 2.73 bits per heavy atom. The van der Waals surface area contributed by atoms with E-state index in [4.69, 9.17) is 0 Å². The normalized spacial score (nSPS) is 11.0. The number of thioether (sulfide) groups is 1. The summed E-state index contributed by atoms with van der Waals surface area (Å²) < 4.78 is 2.92. The average molecular weight is 383 g/mol. The summed E-state index contributed by atoms with van der Waals surface area (Å²) in [6.07, 6.45) is 0. The average Bonchev–Trinajstić information content (AvgIpc) is 2.90. The molecule has 0 aliphatic heterocycles. The molecule has 0 bridgehead atoms. The molecular weight excluding hydrogens is 364 g/mol.